The van der Waals surface area contributed by atoms with Crippen LogP contribution >= 0.6 is 0 Å². The van der Waals surface area contributed by atoms with Crippen LogP contribution in [-0.2, 0) is 19.7 Å². The van der Waals surface area contributed by atoms with Gasteiger partial charge < -0.3 is 28.6 Å². The number of benzene rings is 2. The van der Waals surface area contributed by atoms with E-state index in [1.54, 1.807) is 12.1 Å². The Hall–Kier alpha value is -3.30. The molecule has 3 unspecified atom stereocenters. The number of nitrogens with one attached hydrogen (secondary N) is 1. The van der Waals surface area contributed by atoms with Crippen molar-refractivity contribution in [1.29, 1.82) is 0 Å². The molecule has 9 heteroatoms. The molecule has 1 aliphatic carbocycles. The summed E-state index contributed by atoms with van der Waals surface area (Å²) in [5.74, 6) is 1.27. The van der Waals surface area contributed by atoms with Gasteiger partial charge in [-0.15, -0.1) is 0 Å². The summed E-state index contributed by atoms with van der Waals surface area (Å²) in [5.41, 5.74) is 2.74. The van der Waals surface area contributed by atoms with E-state index in [-0.39, 0.29) is 53.7 Å². The van der Waals surface area contributed by atoms with E-state index in [0.29, 0.717) is 28.7 Å². The molecule has 0 aromatic heterocycles. The molecule has 8 rings (SSSR count). The van der Waals surface area contributed by atoms with E-state index in [2.05, 4.69) is 43.1 Å². The van der Waals surface area contributed by atoms with Gasteiger partial charge in [-0.1, -0.05) is 25.1 Å². The molecule has 6 aliphatic rings. The predicted molar refractivity (Wildman–Crippen MR) is 149 cm³/mol. The largest absolute Gasteiger partial charge is 0.493 e. The van der Waals surface area contributed by atoms with Gasteiger partial charge in [-0.25, -0.2) is 4.79 Å². The number of methoxy groups -OCH3 is 3. The fraction of sp³-hybridized carbons (Fsp3) is 0.562. The number of likely N-dealkylation sites (N-methyl/N-ethyl adjacent to an activating group) is 1. The van der Waals surface area contributed by atoms with Gasteiger partial charge in [0.15, 0.2) is 17.7 Å². The van der Waals surface area contributed by atoms with Crippen LogP contribution in [0.3, 0.4) is 0 Å². The van der Waals surface area contributed by atoms with Crippen molar-refractivity contribution in [3.63, 3.8) is 0 Å². The summed E-state index contributed by atoms with van der Waals surface area (Å²) in [4.78, 5) is 30.2. The number of hydrogen-bond acceptors (Lipinski definition) is 8. The Morgan fingerprint density at radius 1 is 1.02 bits per heavy atom. The second-order valence-corrected chi connectivity index (χ2v) is 12.3. The van der Waals surface area contributed by atoms with Gasteiger partial charge in [0, 0.05) is 30.4 Å². The zero-order valence-corrected chi connectivity index (χ0v) is 24.5. The van der Waals surface area contributed by atoms with Crippen molar-refractivity contribution < 1.29 is 38.2 Å². The van der Waals surface area contributed by atoms with Gasteiger partial charge in [0.2, 0.25) is 5.75 Å². The molecule has 41 heavy (non-hydrogen) atoms. The topological polar surface area (TPSA) is 88.0 Å². The maximum atomic E-state index is 13.8. The van der Waals surface area contributed by atoms with Gasteiger partial charge in [0.05, 0.1) is 45.4 Å². The van der Waals surface area contributed by atoms with Crippen molar-refractivity contribution in [2.75, 3.05) is 28.4 Å². The van der Waals surface area contributed by atoms with Crippen LogP contribution in [0.5, 0.6) is 17.2 Å². The Morgan fingerprint density at radius 3 is 2.37 bits per heavy atom. The summed E-state index contributed by atoms with van der Waals surface area (Å²) >= 11 is 0. The molecular formula is C32H39N2O7+. The minimum atomic E-state index is -0.410. The van der Waals surface area contributed by atoms with E-state index < -0.39 is 5.97 Å². The van der Waals surface area contributed by atoms with Gasteiger partial charge in [-0.05, 0) is 43.4 Å². The number of esters is 2. The molecule has 2 aromatic rings. The summed E-state index contributed by atoms with van der Waals surface area (Å²) in [7, 11) is 6.85. The minimum absolute atomic E-state index is 0.140. The molecule has 9 nitrogen and oxygen atoms in total. The van der Waals surface area contributed by atoms with Crippen LogP contribution in [0.2, 0.25) is 0 Å². The predicted octanol–water partition coefficient (Wildman–Crippen LogP) is 2.73. The standard InChI is InChI=1S/C32H38N2O7/c1-7-18-19-14-22-28-32(20-10-8-9-11-21(20)33(28)3)15-23(26(19)29(32)40-16(2)35)34(22)30(18)41-31(36)17-12-24(37-4)27(39-6)25(13-17)38-5/h8-13,18-19,22-23,26,28-30H,7,14-15H2,1-6H3/p+1/t18-,19-,22-,23-,26-,28?,29-,30+,32+/m0/s1. The fourth-order valence-electron chi connectivity index (χ4n) is 9.88. The summed E-state index contributed by atoms with van der Waals surface area (Å²) in [6, 6.07) is 12.6. The van der Waals surface area contributed by atoms with E-state index >= 15 is 0 Å². The lowest BCUT2D eigenvalue weighted by molar-refractivity contribution is -0.842. The molecule has 5 fully saturated rings. The average Bonchev–Trinajstić information content (AvgIpc) is 3.38. The molecule has 5 heterocycles. The van der Waals surface area contributed by atoms with Crippen molar-refractivity contribution in [2.45, 2.75) is 69.0 Å². The molecule has 1 saturated carbocycles. The zero-order valence-electron chi connectivity index (χ0n) is 24.5. The number of piperidine rings is 4. The SMILES string of the molecule is CC[C@H]1[C@@H]2C[C@H]3C4[NH+](C)c5ccccc5[C@]45C[C@@H]([C@H]2[C@@H]5OC(C)=O)N3[C@@H]1OC(=O)c1cc(OC)c(OC)c(OC)c1. The number of nitrogens with zero attached hydrogens (tertiary/aromatic N) is 1. The molecule has 0 radical (unpaired) electrons. The highest BCUT2D eigenvalue weighted by Crippen LogP contribution is 2.67. The number of carbonyl (C=O) groups excluding carboxylic acids is 2. The smallest absolute Gasteiger partial charge is 0.339 e. The molecular weight excluding hydrogens is 524 g/mol. The van der Waals surface area contributed by atoms with Crippen LogP contribution in [0, 0.1) is 17.8 Å². The zero-order chi connectivity index (χ0) is 28.8. The Bertz CT molecular complexity index is 1390. The Balaban J connectivity index is 1.29. The Kier molecular flexibility index (Phi) is 6.07. The summed E-state index contributed by atoms with van der Waals surface area (Å²) in [6.45, 7) is 3.71. The van der Waals surface area contributed by atoms with Crippen molar-refractivity contribution >= 4 is 17.6 Å². The third-order valence-corrected chi connectivity index (χ3v) is 11.0. The molecule has 5 bridgehead atoms. The second kappa shape index (κ2) is 9.36. The summed E-state index contributed by atoms with van der Waals surface area (Å²) < 4.78 is 29.3. The lowest BCUT2D eigenvalue weighted by atomic mass is 9.62. The number of para-hydroxylation sites is 1. The first-order chi connectivity index (χ1) is 19.8. The molecule has 1 N–H and O–H groups in total. The molecule has 1 spiro atoms. The number of rotatable bonds is 7. The number of carbonyl (C=O) groups is 2. The minimum Gasteiger partial charge on any atom is -0.493 e. The number of fused-ring (bicyclic) bond motifs is 2. The molecule has 5 aliphatic heterocycles. The second-order valence-electron chi connectivity index (χ2n) is 12.3. The van der Waals surface area contributed by atoms with Crippen molar-refractivity contribution in [2.24, 2.45) is 17.8 Å². The Morgan fingerprint density at radius 2 is 1.73 bits per heavy atom. The van der Waals surface area contributed by atoms with Gasteiger partial charge in [0.25, 0.3) is 0 Å². The van der Waals surface area contributed by atoms with Gasteiger partial charge >= 0.3 is 11.9 Å². The van der Waals surface area contributed by atoms with E-state index in [9.17, 15) is 9.59 Å². The first kappa shape index (κ1) is 26.6. The molecule has 0 amide bonds. The third kappa shape index (κ3) is 3.36. The van der Waals surface area contributed by atoms with E-state index in [1.165, 1.54) is 44.4 Å². The van der Waals surface area contributed by atoms with Crippen LogP contribution in [0.1, 0.15) is 49.0 Å². The van der Waals surface area contributed by atoms with Gasteiger partial charge in [-0.2, -0.15) is 0 Å². The quantitative estimate of drug-likeness (QED) is 0.515. The van der Waals surface area contributed by atoms with E-state index in [0.717, 1.165) is 19.3 Å². The summed E-state index contributed by atoms with van der Waals surface area (Å²) in [6.07, 6.45) is 2.24. The van der Waals surface area contributed by atoms with Crippen LogP contribution in [0.4, 0.5) is 5.69 Å². The van der Waals surface area contributed by atoms with Gasteiger partial charge in [-0.3, -0.25) is 9.69 Å². The summed E-state index contributed by atoms with van der Waals surface area (Å²) in [5, 5.41) is 0. The normalized spacial score (nSPS) is 38.7. The number of ether oxygens (including phenoxy) is 5. The lowest BCUT2D eigenvalue weighted by Crippen LogP contribution is -3.11. The molecule has 2 aromatic carbocycles. The fourth-order valence-corrected chi connectivity index (χ4v) is 9.88. The first-order valence-electron chi connectivity index (χ1n) is 14.7. The average molecular weight is 564 g/mol. The highest BCUT2D eigenvalue weighted by molar-refractivity contribution is 5.91. The molecule has 218 valence electrons. The Labute approximate surface area is 240 Å². The molecule has 11 atom stereocenters. The third-order valence-electron chi connectivity index (χ3n) is 11.0. The van der Waals surface area contributed by atoms with E-state index in [4.69, 9.17) is 23.7 Å². The van der Waals surface area contributed by atoms with Crippen LogP contribution in [-0.4, -0.2) is 75.7 Å². The first-order valence-corrected chi connectivity index (χ1v) is 14.7. The van der Waals surface area contributed by atoms with Crippen LogP contribution < -0.4 is 19.1 Å². The van der Waals surface area contributed by atoms with Gasteiger partial charge in [0.1, 0.15) is 17.8 Å². The van der Waals surface area contributed by atoms with E-state index in [1.807, 2.05) is 0 Å². The maximum absolute atomic E-state index is 13.8. The highest BCUT2D eigenvalue weighted by atomic mass is 16.6. The number of hydrogen-bond donors (Lipinski definition) is 1. The van der Waals surface area contributed by atoms with Crippen LogP contribution in [0.25, 0.3) is 0 Å². The van der Waals surface area contributed by atoms with Crippen molar-refractivity contribution in [3.05, 3.63) is 47.5 Å². The molecule has 4 saturated heterocycles. The highest BCUT2D eigenvalue weighted by Gasteiger charge is 2.80. The maximum Gasteiger partial charge on any atom is 0.339 e. The van der Waals surface area contributed by atoms with Crippen molar-refractivity contribution in [1.82, 2.24) is 4.90 Å². The number of quaternary nitrogens is 1. The van der Waals surface area contributed by atoms with Crippen LogP contribution in [0.15, 0.2) is 36.4 Å². The van der Waals surface area contributed by atoms with Crippen molar-refractivity contribution in [3.8, 4) is 17.2 Å². The monoisotopic (exact) mass is 563 g/mol. The lowest BCUT2D eigenvalue weighted by Gasteiger charge is -2.61.